The van der Waals surface area contributed by atoms with Crippen molar-refractivity contribution in [2.24, 2.45) is 11.1 Å². The van der Waals surface area contributed by atoms with Crippen molar-refractivity contribution in [1.82, 2.24) is 15.0 Å². The number of hydrogen-bond donors (Lipinski definition) is 6. The minimum Gasteiger partial charge on any atom is -0.409 e. The maximum atomic E-state index is 13.4. The SMILES string of the molecule is O/N=C(\Nc1ccc(F)c(Cl)c1)c1ccnc2nc(NCC3CCCS(O)(O)C3)[nH]c12. The van der Waals surface area contributed by atoms with Crippen molar-refractivity contribution in [1.29, 1.82) is 0 Å². The van der Waals surface area contributed by atoms with Crippen molar-refractivity contribution in [3.05, 3.63) is 46.9 Å². The number of imidazole rings is 1. The van der Waals surface area contributed by atoms with Gasteiger partial charge in [-0.25, -0.2) is 9.37 Å². The molecule has 3 heterocycles. The highest BCUT2D eigenvalue weighted by Gasteiger charge is 2.25. The van der Waals surface area contributed by atoms with Gasteiger partial charge in [0, 0.05) is 35.5 Å². The molecule has 3 aromatic rings. The lowest BCUT2D eigenvalue weighted by Gasteiger charge is -2.40. The zero-order valence-corrected chi connectivity index (χ0v) is 17.9. The van der Waals surface area contributed by atoms with Crippen LogP contribution in [0.15, 0.2) is 35.6 Å². The highest BCUT2D eigenvalue weighted by Crippen LogP contribution is 2.46. The van der Waals surface area contributed by atoms with Crippen LogP contribution in [0.4, 0.5) is 16.0 Å². The Morgan fingerprint density at radius 3 is 2.94 bits per heavy atom. The highest BCUT2D eigenvalue weighted by atomic mass is 35.5. The van der Waals surface area contributed by atoms with E-state index in [9.17, 15) is 18.7 Å². The summed E-state index contributed by atoms with van der Waals surface area (Å²) >= 11 is 5.82. The van der Waals surface area contributed by atoms with Gasteiger partial charge >= 0.3 is 0 Å². The number of rotatable bonds is 5. The van der Waals surface area contributed by atoms with Gasteiger partial charge in [0.2, 0.25) is 5.95 Å². The fraction of sp³-hybridized carbons (Fsp3) is 0.316. The number of nitrogens with one attached hydrogen (secondary N) is 3. The number of pyridine rings is 1. The van der Waals surface area contributed by atoms with Gasteiger partial charge in [-0.3, -0.25) is 9.11 Å². The smallest absolute Gasteiger partial charge is 0.202 e. The van der Waals surface area contributed by atoms with Gasteiger partial charge in [0.1, 0.15) is 5.82 Å². The van der Waals surface area contributed by atoms with Crippen molar-refractivity contribution >= 4 is 50.8 Å². The molecule has 12 heteroatoms. The van der Waals surface area contributed by atoms with Crippen LogP contribution in [-0.2, 0) is 0 Å². The Morgan fingerprint density at radius 1 is 1.35 bits per heavy atom. The van der Waals surface area contributed by atoms with E-state index in [1.54, 1.807) is 6.07 Å². The summed E-state index contributed by atoms with van der Waals surface area (Å²) in [5.41, 5.74) is 1.89. The van der Waals surface area contributed by atoms with Gasteiger partial charge in [-0.15, -0.1) is 0 Å². The lowest BCUT2D eigenvalue weighted by molar-refractivity contribution is 0.319. The Balaban J connectivity index is 1.53. The fourth-order valence-electron chi connectivity index (χ4n) is 3.60. The molecule has 9 nitrogen and oxygen atoms in total. The number of aromatic amines is 1. The molecule has 0 saturated carbocycles. The third-order valence-corrected chi connectivity index (χ3v) is 7.31. The van der Waals surface area contributed by atoms with Gasteiger partial charge in [-0.2, -0.15) is 15.6 Å². The molecule has 31 heavy (non-hydrogen) atoms. The monoisotopic (exact) mass is 468 g/mol. The molecular formula is C19H22ClFN6O3S. The van der Waals surface area contributed by atoms with Crippen molar-refractivity contribution in [2.75, 3.05) is 28.7 Å². The number of aromatic nitrogens is 3. The van der Waals surface area contributed by atoms with Crippen molar-refractivity contribution in [3.8, 4) is 0 Å². The Kier molecular flexibility index (Phi) is 6.19. The highest BCUT2D eigenvalue weighted by molar-refractivity contribution is 8.24. The summed E-state index contributed by atoms with van der Waals surface area (Å²) in [5, 5.41) is 18.9. The number of amidine groups is 1. The predicted molar refractivity (Wildman–Crippen MR) is 121 cm³/mol. The quantitative estimate of drug-likeness (QED) is 0.139. The Bertz CT molecular complexity index is 1130. The van der Waals surface area contributed by atoms with Crippen LogP contribution in [0.5, 0.6) is 0 Å². The third-order valence-electron chi connectivity index (χ3n) is 5.07. The second-order valence-corrected chi connectivity index (χ2v) is 10.2. The topological polar surface area (TPSA) is 139 Å². The first-order valence-electron chi connectivity index (χ1n) is 9.61. The zero-order valence-electron chi connectivity index (χ0n) is 16.3. The summed E-state index contributed by atoms with van der Waals surface area (Å²) in [5.74, 6) is 1.01. The summed E-state index contributed by atoms with van der Waals surface area (Å²) in [4.78, 5) is 11.8. The predicted octanol–water partition coefficient (Wildman–Crippen LogP) is 4.57. The van der Waals surface area contributed by atoms with Crippen LogP contribution < -0.4 is 10.6 Å². The summed E-state index contributed by atoms with van der Waals surface area (Å²) in [6.45, 7) is 0.540. The van der Waals surface area contributed by atoms with E-state index in [2.05, 4.69) is 30.7 Å². The maximum Gasteiger partial charge on any atom is 0.202 e. The Hall–Kier alpha value is -2.60. The molecule has 0 bridgehead atoms. The van der Waals surface area contributed by atoms with Crippen LogP contribution >= 0.6 is 22.2 Å². The summed E-state index contributed by atoms with van der Waals surface area (Å²) in [6, 6.07) is 5.71. The molecule has 1 atom stereocenters. The first-order valence-corrected chi connectivity index (χ1v) is 11.9. The van der Waals surface area contributed by atoms with E-state index in [4.69, 9.17) is 11.6 Å². The molecule has 1 unspecified atom stereocenters. The standard InChI is InChI=1S/C19H22ClFN6O3S/c20-14-8-12(3-4-15(14)21)24-17(27-28)13-5-6-22-18-16(13)25-19(26-18)23-9-11-2-1-7-31(29,30)10-11/h3-6,8,11,28-30H,1-2,7,9-10H2,(H,24,27)(H2,22,23,25,26). The van der Waals surface area contributed by atoms with Crippen LogP contribution in [0.2, 0.25) is 5.02 Å². The number of hydrogen-bond acceptors (Lipinski definition) is 7. The fourth-order valence-corrected chi connectivity index (χ4v) is 5.61. The van der Waals surface area contributed by atoms with E-state index < -0.39 is 16.4 Å². The molecule has 1 fully saturated rings. The molecule has 1 aromatic carbocycles. The molecule has 0 spiro atoms. The van der Waals surface area contributed by atoms with Crippen LogP contribution in [-0.4, -0.2) is 53.2 Å². The molecule has 1 aliphatic rings. The number of anilines is 2. The number of fused-ring (bicyclic) bond motifs is 1. The summed E-state index contributed by atoms with van der Waals surface area (Å²) in [7, 11) is -2.49. The minimum absolute atomic E-state index is 0.0606. The maximum absolute atomic E-state index is 13.4. The summed E-state index contributed by atoms with van der Waals surface area (Å²) < 4.78 is 33.3. The largest absolute Gasteiger partial charge is 0.409 e. The van der Waals surface area contributed by atoms with E-state index in [1.165, 1.54) is 24.4 Å². The Morgan fingerprint density at radius 2 is 2.19 bits per heavy atom. The van der Waals surface area contributed by atoms with E-state index in [1.807, 2.05) is 0 Å². The third kappa shape index (κ3) is 5.01. The van der Waals surface area contributed by atoms with E-state index >= 15 is 0 Å². The summed E-state index contributed by atoms with van der Waals surface area (Å²) in [6.07, 6.45) is 3.23. The molecule has 0 amide bonds. The number of nitrogens with zero attached hydrogens (tertiary/aromatic N) is 3. The van der Waals surface area contributed by atoms with Gasteiger partial charge in [0.05, 0.1) is 10.5 Å². The molecular weight excluding hydrogens is 447 g/mol. The average Bonchev–Trinajstić information content (AvgIpc) is 3.16. The first-order chi connectivity index (χ1) is 14.8. The molecule has 1 saturated heterocycles. The van der Waals surface area contributed by atoms with Crippen molar-refractivity contribution < 1.29 is 18.7 Å². The van der Waals surface area contributed by atoms with Gasteiger partial charge in [-0.1, -0.05) is 16.8 Å². The van der Waals surface area contributed by atoms with Crippen molar-refractivity contribution in [3.63, 3.8) is 0 Å². The van der Waals surface area contributed by atoms with Gasteiger partial charge < -0.3 is 20.8 Å². The number of H-pyrrole nitrogens is 1. The number of oxime groups is 1. The van der Waals surface area contributed by atoms with Gasteiger partial charge in [-0.05, 0) is 43.0 Å². The molecule has 0 radical (unpaired) electrons. The Labute approximate surface area is 184 Å². The normalized spacial score (nSPS) is 19.9. The van der Waals surface area contributed by atoms with Gasteiger partial charge in [0.15, 0.2) is 11.5 Å². The van der Waals surface area contributed by atoms with E-state index in [0.717, 1.165) is 12.8 Å². The van der Waals surface area contributed by atoms with E-state index in [-0.39, 0.29) is 16.8 Å². The number of benzene rings is 1. The molecule has 2 aromatic heterocycles. The molecule has 6 N–H and O–H groups in total. The van der Waals surface area contributed by atoms with Crippen LogP contribution in [0.25, 0.3) is 11.2 Å². The zero-order chi connectivity index (χ0) is 22.0. The van der Waals surface area contributed by atoms with E-state index in [0.29, 0.717) is 46.4 Å². The molecule has 1 aliphatic heterocycles. The van der Waals surface area contributed by atoms with Gasteiger partial charge in [0.25, 0.3) is 0 Å². The second-order valence-electron chi connectivity index (χ2n) is 7.41. The van der Waals surface area contributed by atoms with Crippen LogP contribution in [0.3, 0.4) is 0 Å². The van der Waals surface area contributed by atoms with Crippen molar-refractivity contribution in [2.45, 2.75) is 12.8 Å². The average molecular weight is 469 g/mol. The van der Waals surface area contributed by atoms with Crippen LogP contribution in [0.1, 0.15) is 18.4 Å². The second kappa shape index (κ2) is 8.87. The minimum atomic E-state index is -2.49. The number of halogens is 2. The first kappa shape index (κ1) is 21.6. The molecule has 0 aliphatic carbocycles. The molecule has 4 rings (SSSR count). The lowest BCUT2D eigenvalue weighted by Crippen LogP contribution is -2.27. The molecule has 166 valence electrons. The lowest BCUT2D eigenvalue weighted by atomic mass is 10.1. The van der Waals surface area contributed by atoms with Crippen LogP contribution in [0, 0.1) is 11.7 Å².